The van der Waals surface area contributed by atoms with Crippen LogP contribution < -0.4 is 0 Å². The maximum absolute atomic E-state index is 13.2. The number of aromatic nitrogens is 1. The number of nitrogens with zero attached hydrogens (tertiary/aromatic N) is 2. The summed E-state index contributed by atoms with van der Waals surface area (Å²) in [5.74, 6) is -2.73. The molecule has 0 unspecified atom stereocenters. The highest BCUT2D eigenvalue weighted by Crippen LogP contribution is 2.32. The van der Waals surface area contributed by atoms with Crippen LogP contribution in [0.25, 0.3) is 11.0 Å². The standard InChI is InChI=1S/C16H19FN2O3.C4H4O4/c1-2-21-15(20)10-19-7-5-11(6-8-19)16-13-4-3-12(17)9-14(13)22-18-16;5-3(6)1-2-4(7)8/h3-4,9,11H,2,5-8,10H2,1H3;1-2H,(H,5,6)(H,7,8)/b;2-1+. The Morgan fingerprint density at radius 3 is 2.43 bits per heavy atom. The van der Waals surface area contributed by atoms with Crippen LogP contribution >= 0.6 is 0 Å². The van der Waals surface area contributed by atoms with Crippen LogP contribution in [-0.2, 0) is 19.1 Å². The molecule has 162 valence electrons. The van der Waals surface area contributed by atoms with Crippen molar-refractivity contribution in [2.75, 3.05) is 26.2 Å². The lowest BCUT2D eigenvalue weighted by Gasteiger charge is -2.30. The van der Waals surface area contributed by atoms with E-state index in [1.54, 1.807) is 6.07 Å². The fourth-order valence-electron chi connectivity index (χ4n) is 3.12. The second kappa shape index (κ2) is 11.1. The van der Waals surface area contributed by atoms with Gasteiger partial charge < -0.3 is 19.5 Å². The van der Waals surface area contributed by atoms with Crippen LogP contribution in [-0.4, -0.2) is 64.4 Å². The number of esters is 1. The van der Waals surface area contributed by atoms with E-state index in [4.69, 9.17) is 19.5 Å². The number of piperidine rings is 1. The molecule has 1 fully saturated rings. The van der Waals surface area contributed by atoms with E-state index in [9.17, 15) is 18.8 Å². The Labute approximate surface area is 171 Å². The van der Waals surface area contributed by atoms with Gasteiger partial charge in [0.25, 0.3) is 0 Å². The Morgan fingerprint density at radius 2 is 1.87 bits per heavy atom. The second-order valence-corrected chi connectivity index (χ2v) is 6.57. The molecule has 0 saturated carbocycles. The number of halogens is 1. The number of benzene rings is 1. The van der Waals surface area contributed by atoms with E-state index in [1.165, 1.54) is 12.1 Å². The highest BCUT2D eigenvalue weighted by molar-refractivity contribution is 5.89. The Hall–Kier alpha value is -3.27. The number of fused-ring (bicyclic) bond motifs is 1. The van der Waals surface area contributed by atoms with Gasteiger partial charge in [-0.15, -0.1) is 0 Å². The summed E-state index contributed by atoms with van der Waals surface area (Å²) in [7, 11) is 0. The molecule has 1 aromatic heterocycles. The topological polar surface area (TPSA) is 130 Å². The van der Waals surface area contributed by atoms with E-state index in [0.717, 1.165) is 37.0 Å². The first-order chi connectivity index (χ1) is 14.3. The Balaban J connectivity index is 0.000000343. The number of carboxylic acids is 2. The number of hydrogen-bond acceptors (Lipinski definition) is 7. The molecule has 1 aromatic carbocycles. The van der Waals surface area contributed by atoms with Crippen molar-refractivity contribution >= 4 is 28.9 Å². The summed E-state index contributed by atoms with van der Waals surface area (Å²) in [5, 5.41) is 20.6. The third kappa shape index (κ3) is 6.96. The number of carbonyl (C=O) groups excluding carboxylic acids is 1. The van der Waals surface area contributed by atoms with Gasteiger partial charge in [0, 0.05) is 29.5 Å². The SMILES string of the molecule is CCOC(=O)CN1CCC(c2noc3cc(F)ccc23)CC1.O=C(O)/C=C/C(=O)O. The Morgan fingerprint density at radius 1 is 1.23 bits per heavy atom. The first-order valence-electron chi connectivity index (χ1n) is 9.36. The quantitative estimate of drug-likeness (QED) is 0.532. The molecule has 3 rings (SSSR count). The van der Waals surface area contributed by atoms with Crippen molar-refractivity contribution in [3.8, 4) is 0 Å². The zero-order valence-electron chi connectivity index (χ0n) is 16.4. The predicted octanol–water partition coefficient (Wildman–Crippen LogP) is 2.42. The highest BCUT2D eigenvalue weighted by Gasteiger charge is 2.26. The third-order valence-corrected chi connectivity index (χ3v) is 4.46. The normalized spacial score (nSPS) is 15.0. The van der Waals surface area contributed by atoms with Crippen molar-refractivity contribution in [3.63, 3.8) is 0 Å². The number of ether oxygens (including phenoxy) is 1. The number of carbonyl (C=O) groups is 3. The minimum absolute atomic E-state index is 0.177. The van der Waals surface area contributed by atoms with Crippen LogP contribution in [0.2, 0.25) is 0 Å². The second-order valence-electron chi connectivity index (χ2n) is 6.57. The third-order valence-electron chi connectivity index (χ3n) is 4.46. The van der Waals surface area contributed by atoms with Crippen molar-refractivity contribution in [3.05, 3.63) is 41.9 Å². The van der Waals surface area contributed by atoms with Gasteiger partial charge in [0.1, 0.15) is 5.82 Å². The molecule has 2 aromatic rings. The van der Waals surface area contributed by atoms with Crippen LogP contribution in [0.4, 0.5) is 4.39 Å². The van der Waals surface area contributed by atoms with Gasteiger partial charge in [-0.2, -0.15) is 0 Å². The molecule has 9 nitrogen and oxygen atoms in total. The fourth-order valence-corrected chi connectivity index (χ4v) is 3.12. The molecule has 0 radical (unpaired) electrons. The van der Waals surface area contributed by atoms with Crippen LogP contribution in [0, 0.1) is 5.82 Å². The summed E-state index contributed by atoms with van der Waals surface area (Å²) >= 11 is 0. The number of rotatable bonds is 6. The van der Waals surface area contributed by atoms with E-state index in [0.29, 0.717) is 30.9 Å². The molecule has 1 aliphatic rings. The minimum Gasteiger partial charge on any atom is -0.478 e. The van der Waals surface area contributed by atoms with Gasteiger partial charge in [-0.1, -0.05) is 5.16 Å². The largest absolute Gasteiger partial charge is 0.478 e. The van der Waals surface area contributed by atoms with Gasteiger partial charge >= 0.3 is 17.9 Å². The maximum Gasteiger partial charge on any atom is 0.328 e. The Kier molecular flexibility index (Phi) is 8.48. The van der Waals surface area contributed by atoms with Crippen molar-refractivity contribution in [2.24, 2.45) is 0 Å². The minimum atomic E-state index is -1.26. The smallest absolute Gasteiger partial charge is 0.328 e. The lowest BCUT2D eigenvalue weighted by molar-refractivity contribution is -0.144. The number of hydrogen-bond donors (Lipinski definition) is 2. The molecule has 2 heterocycles. The molecule has 0 bridgehead atoms. The summed E-state index contributed by atoms with van der Waals surface area (Å²) in [4.78, 5) is 32.7. The number of carboxylic acid groups (broad SMARTS) is 2. The van der Waals surface area contributed by atoms with Crippen LogP contribution in [0.5, 0.6) is 0 Å². The van der Waals surface area contributed by atoms with E-state index in [-0.39, 0.29) is 17.7 Å². The number of aliphatic carboxylic acids is 2. The highest BCUT2D eigenvalue weighted by atomic mass is 19.1. The van der Waals surface area contributed by atoms with E-state index >= 15 is 0 Å². The zero-order valence-corrected chi connectivity index (χ0v) is 16.4. The molecule has 0 spiro atoms. The molecular formula is C20H23FN2O7. The van der Waals surface area contributed by atoms with Crippen molar-refractivity contribution in [2.45, 2.75) is 25.7 Å². The van der Waals surface area contributed by atoms with Gasteiger partial charge in [-0.3, -0.25) is 9.69 Å². The maximum atomic E-state index is 13.2. The average molecular weight is 422 g/mol. The van der Waals surface area contributed by atoms with Gasteiger partial charge in [0.2, 0.25) is 0 Å². The van der Waals surface area contributed by atoms with Gasteiger partial charge in [0.15, 0.2) is 5.58 Å². The lowest BCUT2D eigenvalue weighted by Crippen LogP contribution is -2.37. The van der Waals surface area contributed by atoms with Crippen molar-refractivity contribution < 1.29 is 38.2 Å². The molecule has 2 N–H and O–H groups in total. The molecule has 0 atom stereocenters. The van der Waals surface area contributed by atoms with Gasteiger partial charge in [0.05, 0.1) is 18.8 Å². The van der Waals surface area contributed by atoms with Crippen LogP contribution in [0.3, 0.4) is 0 Å². The van der Waals surface area contributed by atoms with Crippen LogP contribution in [0.15, 0.2) is 34.9 Å². The molecule has 1 saturated heterocycles. The molecule has 0 amide bonds. The summed E-state index contributed by atoms with van der Waals surface area (Å²) < 4.78 is 23.4. The van der Waals surface area contributed by atoms with Crippen molar-refractivity contribution in [1.82, 2.24) is 10.1 Å². The number of likely N-dealkylation sites (tertiary alicyclic amines) is 1. The lowest BCUT2D eigenvalue weighted by atomic mass is 9.91. The van der Waals surface area contributed by atoms with Gasteiger partial charge in [-0.05, 0) is 45.0 Å². The predicted molar refractivity (Wildman–Crippen MR) is 103 cm³/mol. The Bertz CT molecular complexity index is 901. The summed E-state index contributed by atoms with van der Waals surface area (Å²) in [6, 6.07) is 4.52. The van der Waals surface area contributed by atoms with E-state index in [1.807, 2.05) is 6.92 Å². The molecule has 1 aliphatic heterocycles. The van der Waals surface area contributed by atoms with Crippen molar-refractivity contribution in [1.29, 1.82) is 0 Å². The zero-order chi connectivity index (χ0) is 22.1. The molecule has 0 aliphatic carbocycles. The summed E-state index contributed by atoms with van der Waals surface area (Å²) in [5.41, 5.74) is 1.38. The van der Waals surface area contributed by atoms with E-state index in [2.05, 4.69) is 10.1 Å². The fraction of sp³-hybridized carbons (Fsp3) is 0.400. The first kappa shape index (κ1) is 23.0. The average Bonchev–Trinajstić information content (AvgIpc) is 3.10. The molecular weight excluding hydrogens is 399 g/mol. The van der Waals surface area contributed by atoms with E-state index < -0.39 is 11.9 Å². The summed E-state index contributed by atoms with van der Waals surface area (Å²) in [6.07, 6.45) is 2.92. The summed E-state index contributed by atoms with van der Waals surface area (Å²) in [6.45, 7) is 4.20. The molecule has 10 heteroatoms. The van der Waals surface area contributed by atoms with Crippen LogP contribution in [0.1, 0.15) is 31.4 Å². The first-order valence-corrected chi connectivity index (χ1v) is 9.36. The monoisotopic (exact) mass is 422 g/mol. The molecule has 30 heavy (non-hydrogen) atoms. The van der Waals surface area contributed by atoms with Gasteiger partial charge in [-0.25, -0.2) is 14.0 Å².